The molecular formula is C12H19F3N4. The number of alkyl halides is 3. The molecule has 1 saturated heterocycles. The molecule has 1 N–H and O–H groups in total. The molecule has 0 unspecified atom stereocenters. The third-order valence-electron chi connectivity index (χ3n) is 3.32. The molecule has 1 fully saturated rings. The molecule has 19 heavy (non-hydrogen) atoms. The molecule has 7 heteroatoms. The van der Waals surface area contributed by atoms with E-state index in [0.717, 1.165) is 25.1 Å². The number of halogens is 3. The molecule has 0 aromatic carbocycles. The molecule has 108 valence electrons. The predicted molar refractivity (Wildman–Crippen MR) is 67.0 cm³/mol. The van der Waals surface area contributed by atoms with E-state index in [4.69, 9.17) is 0 Å². The fourth-order valence-electron chi connectivity index (χ4n) is 2.34. The second-order valence-electron chi connectivity index (χ2n) is 4.89. The van der Waals surface area contributed by atoms with Crippen LogP contribution in [0.15, 0.2) is 12.4 Å². The number of rotatable bonds is 4. The second-order valence-corrected chi connectivity index (χ2v) is 4.89. The van der Waals surface area contributed by atoms with Crippen LogP contribution in [0.1, 0.15) is 19.8 Å². The van der Waals surface area contributed by atoms with Crippen LogP contribution in [0.2, 0.25) is 0 Å². The molecule has 0 aliphatic carbocycles. The Morgan fingerprint density at radius 1 is 1.37 bits per heavy atom. The Morgan fingerprint density at radius 2 is 2.05 bits per heavy atom. The summed E-state index contributed by atoms with van der Waals surface area (Å²) < 4.78 is 38.6. The van der Waals surface area contributed by atoms with Crippen molar-refractivity contribution >= 4 is 5.69 Å². The summed E-state index contributed by atoms with van der Waals surface area (Å²) in [6.45, 7) is 2.99. The zero-order chi connectivity index (χ0) is 13.9. The summed E-state index contributed by atoms with van der Waals surface area (Å²) in [5.74, 6) is 0. The first-order valence-electron chi connectivity index (χ1n) is 6.54. The largest absolute Gasteiger partial charge is 0.401 e. The number of aryl methyl sites for hydroxylation is 1. The summed E-state index contributed by atoms with van der Waals surface area (Å²) in [5, 5.41) is 7.49. The number of anilines is 1. The second kappa shape index (κ2) is 5.81. The van der Waals surface area contributed by atoms with Crippen LogP contribution in [0.5, 0.6) is 0 Å². The van der Waals surface area contributed by atoms with Crippen molar-refractivity contribution in [2.24, 2.45) is 0 Å². The van der Waals surface area contributed by atoms with Gasteiger partial charge in [-0.25, -0.2) is 0 Å². The van der Waals surface area contributed by atoms with Crippen molar-refractivity contribution in [1.82, 2.24) is 14.7 Å². The van der Waals surface area contributed by atoms with E-state index in [-0.39, 0.29) is 6.04 Å². The lowest BCUT2D eigenvalue weighted by molar-refractivity contribution is -0.147. The van der Waals surface area contributed by atoms with E-state index in [2.05, 4.69) is 10.4 Å². The normalized spacial score (nSPS) is 18.7. The molecule has 2 rings (SSSR count). The summed E-state index contributed by atoms with van der Waals surface area (Å²) in [6.07, 6.45) is 1.04. The lowest BCUT2D eigenvalue weighted by Crippen LogP contribution is -2.43. The number of likely N-dealkylation sites (tertiary alicyclic amines) is 1. The standard InChI is InChI=1S/C12H19F3N4/c1-2-19-8-11(7-16-19)17-10-3-5-18(6-4-10)9-12(13,14)15/h7-8,10,17H,2-6,9H2,1H3. The number of nitrogens with zero attached hydrogens (tertiary/aromatic N) is 3. The van der Waals surface area contributed by atoms with E-state index >= 15 is 0 Å². The Kier molecular flexibility index (Phi) is 4.34. The van der Waals surface area contributed by atoms with Gasteiger partial charge in [-0.2, -0.15) is 18.3 Å². The van der Waals surface area contributed by atoms with Gasteiger partial charge in [-0.05, 0) is 19.8 Å². The number of hydrogen-bond acceptors (Lipinski definition) is 3. The predicted octanol–water partition coefficient (Wildman–Crippen LogP) is 2.34. The fraction of sp³-hybridized carbons (Fsp3) is 0.750. The van der Waals surface area contributed by atoms with Gasteiger partial charge in [0, 0.05) is 31.9 Å². The molecule has 0 atom stereocenters. The highest BCUT2D eigenvalue weighted by atomic mass is 19.4. The third-order valence-corrected chi connectivity index (χ3v) is 3.32. The van der Waals surface area contributed by atoms with Crippen LogP contribution in [0.4, 0.5) is 18.9 Å². The van der Waals surface area contributed by atoms with Gasteiger partial charge in [-0.15, -0.1) is 0 Å². The van der Waals surface area contributed by atoms with Crippen LogP contribution >= 0.6 is 0 Å². The Balaban J connectivity index is 1.77. The molecule has 1 aliphatic rings. The minimum atomic E-state index is -4.09. The van der Waals surface area contributed by atoms with Crippen molar-refractivity contribution in [2.75, 3.05) is 25.0 Å². The van der Waals surface area contributed by atoms with Crippen molar-refractivity contribution in [1.29, 1.82) is 0 Å². The van der Waals surface area contributed by atoms with Gasteiger partial charge < -0.3 is 5.32 Å². The van der Waals surface area contributed by atoms with Gasteiger partial charge in [0.15, 0.2) is 0 Å². The van der Waals surface area contributed by atoms with E-state index in [1.807, 2.05) is 17.8 Å². The van der Waals surface area contributed by atoms with Gasteiger partial charge in [0.25, 0.3) is 0 Å². The monoisotopic (exact) mass is 276 g/mol. The molecule has 4 nitrogen and oxygen atoms in total. The summed E-state index contributed by atoms with van der Waals surface area (Å²) >= 11 is 0. The summed E-state index contributed by atoms with van der Waals surface area (Å²) in [5.41, 5.74) is 0.941. The Hall–Kier alpha value is -1.24. The van der Waals surface area contributed by atoms with E-state index in [1.54, 1.807) is 6.20 Å². The lowest BCUT2D eigenvalue weighted by Gasteiger charge is -2.32. The van der Waals surface area contributed by atoms with Crippen LogP contribution in [-0.4, -0.2) is 46.5 Å². The first-order valence-corrected chi connectivity index (χ1v) is 6.54. The van der Waals surface area contributed by atoms with Crippen LogP contribution in [0.25, 0.3) is 0 Å². The van der Waals surface area contributed by atoms with Gasteiger partial charge in [0.05, 0.1) is 18.4 Å². The maximum Gasteiger partial charge on any atom is 0.401 e. The molecule has 0 amide bonds. The summed E-state index contributed by atoms with van der Waals surface area (Å²) in [7, 11) is 0. The Labute approximate surface area is 110 Å². The van der Waals surface area contributed by atoms with E-state index in [0.29, 0.717) is 13.1 Å². The quantitative estimate of drug-likeness (QED) is 0.916. The van der Waals surface area contributed by atoms with E-state index in [9.17, 15) is 13.2 Å². The number of aromatic nitrogens is 2. The highest BCUT2D eigenvalue weighted by molar-refractivity contribution is 5.39. The van der Waals surface area contributed by atoms with Gasteiger partial charge in [-0.1, -0.05) is 0 Å². The van der Waals surface area contributed by atoms with Crippen LogP contribution < -0.4 is 5.32 Å². The number of hydrogen-bond donors (Lipinski definition) is 1. The number of nitrogens with one attached hydrogen (secondary N) is 1. The summed E-state index contributed by atoms with van der Waals surface area (Å²) in [4.78, 5) is 1.47. The summed E-state index contributed by atoms with van der Waals surface area (Å²) in [6, 6.07) is 0.235. The lowest BCUT2D eigenvalue weighted by atomic mass is 10.0. The maximum atomic E-state index is 12.3. The van der Waals surface area contributed by atoms with Crippen molar-refractivity contribution in [2.45, 2.75) is 38.5 Å². The Morgan fingerprint density at radius 3 is 2.58 bits per heavy atom. The van der Waals surface area contributed by atoms with Crippen molar-refractivity contribution < 1.29 is 13.2 Å². The zero-order valence-corrected chi connectivity index (χ0v) is 11.0. The minimum absolute atomic E-state index is 0.235. The first kappa shape index (κ1) is 14.2. The zero-order valence-electron chi connectivity index (χ0n) is 11.0. The topological polar surface area (TPSA) is 33.1 Å². The average Bonchev–Trinajstić information content (AvgIpc) is 2.77. The van der Waals surface area contributed by atoms with Gasteiger partial charge in [0.2, 0.25) is 0 Å². The van der Waals surface area contributed by atoms with Crippen LogP contribution in [0, 0.1) is 0 Å². The average molecular weight is 276 g/mol. The Bertz CT molecular complexity index is 394. The first-order chi connectivity index (χ1) is 8.96. The third kappa shape index (κ3) is 4.41. The molecular weight excluding hydrogens is 257 g/mol. The molecule has 0 saturated carbocycles. The highest BCUT2D eigenvalue weighted by Crippen LogP contribution is 2.21. The van der Waals surface area contributed by atoms with Crippen molar-refractivity contribution in [3.8, 4) is 0 Å². The maximum absolute atomic E-state index is 12.3. The highest BCUT2D eigenvalue weighted by Gasteiger charge is 2.32. The fourth-order valence-corrected chi connectivity index (χ4v) is 2.34. The van der Waals surface area contributed by atoms with Gasteiger partial charge >= 0.3 is 6.18 Å². The molecule has 2 heterocycles. The smallest absolute Gasteiger partial charge is 0.380 e. The molecule has 1 aromatic heterocycles. The molecule has 1 aliphatic heterocycles. The van der Waals surface area contributed by atoms with Crippen LogP contribution in [0.3, 0.4) is 0 Å². The SMILES string of the molecule is CCn1cc(NC2CCN(CC(F)(F)F)CC2)cn1. The van der Waals surface area contributed by atoms with E-state index in [1.165, 1.54) is 4.90 Å². The molecule has 1 aromatic rings. The molecule has 0 spiro atoms. The van der Waals surface area contributed by atoms with Crippen molar-refractivity contribution in [3.05, 3.63) is 12.4 Å². The molecule has 0 radical (unpaired) electrons. The minimum Gasteiger partial charge on any atom is -0.380 e. The number of piperidine rings is 1. The van der Waals surface area contributed by atoms with Crippen molar-refractivity contribution in [3.63, 3.8) is 0 Å². The van der Waals surface area contributed by atoms with Gasteiger partial charge in [0.1, 0.15) is 0 Å². The van der Waals surface area contributed by atoms with E-state index < -0.39 is 12.7 Å². The van der Waals surface area contributed by atoms with Crippen LogP contribution in [-0.2, 0) is 6.54 Å². The van der Waals surface area contributed by atoms with Gasteiger partial charge in [-0.3, -0.25) is 9.58 Å². The molecule has 0 bridgehead atoms.